The molecule has 0 amide bonds. The van der Waals surface area contributed by atoms with Crippen molar-refractivity contribution < 1.29 is 16.8 Å². The first-order valence-corrected chi connectivity index (χ1v) is 9.96. The molecular formula is C8H10BrIN2O4S2. The predicted octanol–water partition coefficient (Wildman–Crippen LogP) is 1.36. The minimum Gasteiger partial charge on any atom is -0.398 e. The van der Waals surface area contributed by atoms with Gasteiger partial charge in [-0.05, 0) is 50.7 Å². The van der Waals surface area contributed by atoms with Crippen LogP contribution in [0.1, 0.15) is 0 Å². The van der Waals surface area contributed by atoms with Gasteiger partial charge in [0.15, 0.2) is 0 Å². The van der Waals surface area contributed by atoms with Gasteiger partial charge in [0.1, 0.15) is 0 Å². The van der Waals surface area contributed by atoms with Crippen molar-refractivity contribution in [2.24, 2.45) is 0 Å². The second-order valence-corrected chi connectivity index (χ2v) is 9.46. The lowest BCUT2D eigenvalue weighted by molar-refractivity contribution is 0.590. The molecule has 0 radical (unpaired) electrons. The third kappa shape index (κ3) is 3.48. The molecule has 1 aromatic rings. The molecule has 0 unspecified atom stereocenters. The summed E-state index contributed by atoms with van der Waals surface area (Å²) in [5.41, 5.74) is 5.94. The zero-order valence-electron chi connectivity index (χ0n) is 9.38. The van der Waals surface area contributed by atoms with Crippen LogP contribution in [0.2, 0.25) is 0 Å². The van der Waals surface area contributed by atoms with Crippen LogP contribution in [0, 0.1) is 3.57 Å². The molecule has 1 aromatic carbocycles. The fourth-order valence-electron chi connectivity index (χ4n) is 1.30. The molecule has 0 bridgehead atoms. The molecular weight excluding hydrogens is 459 g/mol. The Labute approximate surface area is 128 Å². The fraction of sp³-hybridized carbons (Fsp3) is 0.250. The lowest BCUT2D eigenvalue weighted by Crippen LogP contribution is -2.35. The van der Waals surface area contributed by atoms with Crippen molar-refractivity contribution in [1.29, 1.82) is 0 Å². The van der Waals surface area contributed by atoms with E-state index in [0.717, 1.165) is 12.5 Å². The van der Waals surface area contributed by atoms with Gasteiger partial charge in [-0.1, -0.05) is 0 Å². The van der Waals surface area contributed by atoms with Crippen LogP contribution in [0.15, 0.2) is 16.6 Å². The quantitative estimate of drug-likeness (QED) is 0.533. The largest absolute Gasteiger partial charge is 0.398 e. The van der Waals surface area contributed by atoms with E-state index in [1.807, 2.05) is 22.6 Å². The van der Waals surface area contributed by atoms with Gasteiger partial charge in [0, 0.05) is 13.7 Å². The summed E-state index contributed by atoms with van der Waals surface area (Å²) in [5.74, 6) is 0. The van der Waals surface area contributed by atoms with Crippen molar-refractivity contribution in [3.8, 4) is 0 Å². The van der Waals surface area contributed by atoms with Crippen molar-refractivity contribution in [3.05, 3.63) is 20.2 Å². The summed E-state index contributed by atoms with van der Waals surface area (Å²) >= 11 is 5.10. The maximum Gasteiger partial charge on any atom is 0.245 e. The Bertz CT molecular complexity index is 655. The first-order valence-electron chi connectivity index (χ1n) is 4.39. The van der Waals surface area contributed by atoms with Crippen molar-refractivity contribution in [2.75, 3.05) is 22.0 Å². The van der Waals surface area contributed by atoms with Gasteiger partial charge >= 0.3 is 0 Å². The molecule has 0 aliphatic heterocycles. The van der Waals surface area contributed by atoms with Crippen LogP contribution in [0.25, 0.3) is 0 Å². The molecule has 0 aromatic heterocycles. The van der Waals surface area contributed by atoms with Gasteiger partial charge in [0.25, 0.3) is 0 Å². The molecule has 0 fully saturated rings. The molecule has 18 heavy (non-hydrogen) atoms. The summed E-state index contributed by atoms with van der Waals surface area (Å²) in [6, 6.07) is 2.85. The average Bonchev–Trinajstić information content (AvgIpc) is 2.09. The summed E-state index contributed by atoms with van der Waals surface area (Å²) in [7, 11) is -7.94. The van der Waals surface area contributed by atoms with E-state index in [9.17, 15) is 16.8 Å². The molecule has 0 atom stereocenters. The monoisotopic (exact) mass is 468 g/mol. The van der Waals surface area contributed by atoms with Crippen LogP contribution in [-0.4, -0.2) is 29.3 Å². The van der Waals surface area contributed by atoms with Crippen molar-refractivity contribution in [2.45, 2.75) is 0 Å². The number of hydrogen-bond donors (Lipinski definition) is 1. The van der Waals surface area contributed by atoms with Gasteiger partial charge in [-0.15, -0.1) is 0 Å². The van der Waals surface area contributed by atoms with E-state index in [4.69, 9.17) is 5.73 Å². The van der Waals surface area contributed by atoms with Crippen molar-refractivity contribution >= 4 is 69.9 Å². The molecule has 0 heterocycles. The number of halogens is 2. The smallest absolute Gasteiger partial charge is 0.245 e. The van der Waals surface area contributed by atoms with Gasteiger partial charge in [0.2, 0.25) is 20.0 Å². The molecule has 0 aliphatic carbocycles. The Morgan fingerprint density at radius 3 is 2.00 bits per heavy atom. The second kappa shape index (κ2) is 5.13. The lowest BCUT2D eigenvalue weighted by Gasteiger charge is -2.21. The van der Waals surface area contributed by atoms with E-state index in [1.165, 1.54) is 6.07 Å². The maximum absolute atomic E-state index is 11.6. The molecule has 2 N–H and O–H groups in total. The van der Waals surface area contributed by atoms with Gasteiger partial charge in [-0.25, -0.2) is 16.8 Å². The van der Waals surface area contributed by atoms with E-state index in [-0.39, 0.29) is 5.69 Å². The molecule has 0 saturated heterocycles. The van der Waals surface area contributed by atoms with Gasteiger partial charge in [-0.3, -0.25) is 0 Å². The normalized spacial score (nSPS) is 12.4. The lowest BCUT2D eigenvalue weighted by atomic mass is 10.3. The molecule has 0 saturated carbocycles. The van der Waals surface area contributed by atoms with Crippen LogP contribution >= 0.6 is 38.5 Å². The summed E-state index contributed by atoms with van der Waals surface area (Å²) in [4.78, 5) is 0. The molecule has 10 heteroatoms. The van der Waals surface area contributed by atoms with Gasteiger partial charge in [-0.2, -0.15) is 3.71 Å². The molecule has 1 rings (SSSR count). The van der Waals surface area contributed by atoms with Crippen LogP contribution in [-0.2, 0) is 20.0 Å². The predicted molar refractivity (Wildman–Crippen MR) is 83.4 cm³/mol. The third-order valence-electron chi connectivity index (χ3n) is 1.87. The Morgan fingerprint density at radius 2 is 1.61 bits per heavy atom. The molecule has 6 nitrogen and oxygen atoms in total. The standard InChI is InChI=1S/C8H10BrIN2O4S2/c1-17(13,14)12(18(2,15)16)8-4-7(11)6(10)3-5(8)9/h3-4H,11H2,1-2H3. The number of nitrogens with two attached hydrogens (primary N) is 1. The van der Waals surface area contributed by atoms with Gasteiger partial charge < -0.3 is 5.73 Å². The number of nitrogens with zero attached hydrogens (tertiary/aromatic N) is 1. The number of sulfonamides is 2. The Kier molecular flexibility index (Phi) is 4.56. The summed E-state index contributed by atoms with van der Waals surface area (Å²) in [6.45, 7) is 0. The van der Waals surface area contributed by atoms with E-state index in [1.54, 1.807) is 6.07 Å². The average molecular weight is 469 g/mol. The number of nitrogen functional groups attached to an aromatic ring is 1. The second-order valence-electron chi connectivity index (χ2n) is 3.55. The zero-order valence-corrected chi connectivity index (χ0v) is 14.8. The highest BCUT2D eigenvalue weighted by atomic mass is 127. The van der Waals surface area contributed by atoms with Crippen LogP contribution in [0.4, 0.5) is 11.4 Å². The SMILES string of the molecule is CS(=O)(=O)N(c1cc(N)c(I)cc1Br)S(C)(=O)=O. The fourth-order valence-corrected chi connectivity index (χ4v) is 5.93. The first kappa shape index (κ1) is 16.0. The summed E-state index contributed by atoms with van der Waals surface area (Å²) < 4.78 is 47.8. The highest BCUT2D eigenvalue weighted by Crippen LogP contribution is 2.34. The highest BCUT2D eigenvalue weighted by Gasteiger charge is 2.29. The number of hydrogen-bond acceptors (Lipinski definition) is 5. The van der Waals surface area contributed by atoms with Crippen LogP contribution in [0.5, 0.6) is 0 Å². The topological polar surface area (TPSA) is 97.5 Å². The van der Waals surface area contributed by atoms with Gasteiger partial charge in [0.05, 0.1) is 18.2 Å². The van der Waals surface area contributed by atoms with Crippen molar-refractivity contribution in [1.82, 2.24) is 0 Å². The Hall–Kier alpha value is -0.0700. The molecule has 102 valence electrons. The maximum atomic E-state index is 11.6. The van der Waals surface area contributed by atoms with E-state index in [2.05, 4.69) is 15.9 Å². The third-order valence-corrected chi connectivity index (χ3v) is 6.66. The van der Waals surface area contributed by atoms with E-state index < -0.39 is 20.0 Å². The van der Waals surface area contributed by atoms with E-state index in [0.29, 0.717) is 17.4 Å². The molecule has 0 aliphatic rings. The summed E-state index contributed by atoms with van der Waals surface area (Å²) in [5, 5.41) is 0. The highest BCUT2D eigenvalue weighted by molar-refractivity contribution is 14.1. The Balaban J connectivity index is 3.66. The Morgan fingerprint density at radius 1 is 1.17 bits per heavy atom. The van der Waals surface area contributed by atoms with Crippen molar-refractivity contribution in [3.63, 3.8) is 0 Å². The minimum atomic E-state index is -3.97. The number of benzene rings is 1. The van der Waals surface area contributed by atoms with Crippen LogP contribution in [0.3, 0.4) is 0 Å². The summed E-state index contributed by atoms with van der Waals surface area (Å²) in [6.07, 6.45) is 1.63. The number of anilines is 2. The zero-order chi connectivity index (χ0) is 14.3. The van der Waals surface area contributed by atoms with Crippen LogP contribution < -0.4 is 9.44 Å². The molecule has 0 spiro atoms. The minimum absolute atomic E-state index is 0.0297. The first-order chi connectivity index (χ1) is 7.94. The number of rotatable bonds is 3. The van der Waals surface area contributed by atoms with E-state index >= 15 is 0 Å².